The Morgan fingerprint density at radius 2 is 1.94 bits per heavy atom. The third kappa shape index (κ3) is 3.11. The Labute approximate surface area is 114 Å². The van der Waals surface area contributed by atoms with Crippen LogP contribution in [0.1, 0.15) is 44.5 Å². The molecule has 0 fully saturated rings. The maximum Gasteiger partial charge on any atom is 0.137 e. The Bertz CT molecular complexity index is 465. The van der Waals surface area contributed by atoms with Gasteiger partial charge < -0.3 is 4.90 Å². The number of anilines is 1. The Hall–Kier alpha value is -1.34. The maximum atomic E-state index is 8.76. The van der Waals surface area contributed by atoms with Gasteiger partial charge in [-0.25, -0.2) is 9.97 Å². The third-order valence-corrected chi connectivity index (χ3v) is 3.34. The molecule has 1 atom stereocenters. The van der Waals surface area contributed by atoms with Gasteiger partial charge in [0.2, 0.25) is 0 Å². The first kappa shape index (κ1) is 14.7. The largest absolute Gasteiger partial charge is 0.356 e. The van der Waals surface area contributed by atoms with E-state index in [4.69, 9.17) is 16.9 Å². The molecule has 0 saturated heterocycles. The zero-order chi connectivity index (χ0) is 13.9. The summed E-state index contributed by atoms with van der Waals surface area (Å²) in [6.07, 6.45) is 0.453. The number of aromatic nitrogens is 2. The first-order valence-corrected chi connectivity index (χ1v) is 6.40. The van der Waals surface area contributed by atoms with Crippen molar-refractivity contribution in [2.24, 2.45) is 0 Å². The van der Waals surface area contributed by atoms with Gasteiger partial charge in [-0.1, -0.05) is 25.4 Å². The fraction of sp³-hybridized carbons (Fsp3) is 0.615. The Kier molecular flexibility index (Phi) is 4.92. The molecular formula is C13H19ClN4. The lowest BCUT2D eigenvalue weighted by molar-refractivity contribution is 0.679. The fourth-order valence-corrected chi connectivity index (χ4v) is 1.74. The molecule has 18 heavy (non-hydrogen) atoms. The average molecular weight is 267 g/mol. The Morgan fingerprint density at radius 3 is 2.44 bits per heavy atom. The molecule has 1 aromatic rings. The minimum absolute atomic E-state index is 0.0969. The lowest BCUT2D eigenvalue weighted by Crippen LogP contribution is -2.30. The zero-order valence-corrected chi connectivity index (χ0v) is 12.3. The van der Waals surface area contributed by atoms with Gasteiger partial charge in [-0.15, -0.1) is 0 Å². The van der Waals surface area contributed by atoms with E-state index in [0.29, 0.717) is 11.6 Å². The number of nitrogens with zero attached hydrogens (tertiary/aromatic N) is 4. The van der Waals surface area contributed by atoms with Crippen LogP contribution in [-0.2, 0) is 0 Å². The van der Waals surface area contributed by atoms with Crippen LogP contribution in [0.5, 0.6) is 0 Å². The van der Waals surface area contributed by atoms with Crippen LogP contribution in [-0.4, -0.2) is 23.1 Å². The highest BCUT2D eigenvalue weighted by atomic mass is 35.5. The van der Waals surface area contributed by atoms with Gasteiger partial charge in [-0.05, 0) is 13.8 Å². The normalized spacial score (nSPS) is 12.3. The molecule has 0 aromatic carbocycles. The second kappa shape index (κ2) is 6.01. The first-order chi connectivity index (χ1) is 8.38. The Balaban J connectivity index is 3.19. The molecule has 1 heterocycles. The van der Waals surface area contributed by atoms with Crippen molar-refractivity contribution in [3.8, 4) is 6.07 Å². The second-order valence-corrected chi connectivity index (χ2v) is 5.16. The highest BCUT2D eigenvalue weighted by molar-refractivity contribution is 6.30. The second-order valence-electron chi connectivity index (χ2n) is 4.80. The molecule has 0 spiro atoms. The van der Waals surface area contributed by atoms with Crippen LogP contribution in [0.2, 0.25) is 5.15 Å². The predicted octanol–water partition coefficient (Wildman–Crippen LogP) is 3.30. The molecule has 98 valence electrons. The zero-order valence-electron chi connectivity index (χ0n) is 11.5. The van der Waals surface area contributed by atoms with E-state index < -0.39 is 0 Å². The van der Waals surface area contributed by atoms with Gasteiger partial charge in [0.1, 0.15) is 16.8 Å². The van der Waals surface area contributed by atoms with Crippen molar-refractivity contribution in [1.29, 1.82) is 5.26 Å². The summed E-state index contributed by atoms with van der Waals surface area (Å²) in [5, 5.41) is 9.25. The van der Waals surface area contributed by atoms with E-state index in [9.17, 15) is 0 Å². The molecule has 1 rings (SSSR count). The van der Waals surface area contributed by atoms with E-state index in [2.05, 4.69) is 16.0 Å². The average Bonchev–Trinajstić information content (AvgIpc) is 2.31. The third-order valence-electron chi connectivity index (χ3n) is 2.98. The molecule has 5 heteroatoms. The molecule has 1 aromatic heterocycles. The molecule has 0 bridgehead atoms. The highest BCUT2D eigenvalue weighted by Gasteiger charge is 2.18. The molecule has 0 amide bonds. The van der Waals surface area contributed by atoms with Gasteiger partial charge in [0, 0.05) is 24.6 Å². The number of rotatable bonds is 4. The van der Waals surface area contributed by atoms with Gasteiger partial charge in [-0.3, -0.25) is 0 Å². The van der Waals surface area contributed by atoms with Crippen molar-refractivity contribution < 1.29 is 0 Å². The van der Waals surface area contributed by atoms with Crippen LogP contribution in [0.4, 0.5) is 5.82 Å². The standard InChI is InChI=1S/C13H19ClN4/c1-8(2)12-16-11(14)10(4)13(17-12)18(5)9(3)6-7-15/h8-9H,6H2,1-5H3. The van der Waals surface area contributed by atoms with Crippen LogP contribution >= 0.6 is 11.6 Å². The summed E-state index contributed by atoms with van der Waals surface area (Å²) in [6.45, 7) is 7.96. The van der Waals surface area contributed by atoms with E-state index in [1.807, 2.05) is 39.6 Å². The molecule has 0 N–H and O–H groups in total. The van der Waals surface area contributed by atoms with E-state index in [0.717, 1.165) is 17.2 Å². The molecular weight excluding hydrogens is 248 g/mol. The topological polar surface area (TPSA) is 52.8 Å². The van der Waals surface area contributed by atoms with Crippen LogP contribution in [0, 0.1) is 18.3 Å². The van der Waals surface area contributed by atoms with Crippen LogP contribution in [0.25, 0.3) is 0 Å². The molecule has 4 nitrogen and oxygen atoms in total. The van der Waals surface area contributed by atoms with Crippen molar-refractivity contribution >= 4 is 17.4 Å². The van der Waals surface area contributed by atoms with Gasteiger partial charge in [-0.2, -0.15) is 5.26 Å². The Morgan fingerprint density at radius 1 is 1.33 bits per heavy atom. The molecule has 0 saturated carbocycles. The summed E-state index contributed by atoms with van der Waals surface area (Å²) >= 11 is 6.15. The van der Waals surface area contributed by atoms with Gasteiger partial charge in [0.05, 0.1) is 12.5 Å². The predicted molar refractivity (Wildman–Crippen MR) is 74.0 cm³/mol. The number of halogens is 1. The van der Waals surface area contributed by atoms with Gasteiger partial charge in [0.25, 0.3) is 0 Å². The van der Waals surface area contributed by atoms with E-state index in [-0.39, 0.29) is 12.0 Å². The van der Waals surface area contributed by atoms with Crippen molar-refractivity contribution in [3.05, 3.63) is 16.5 Å². The first-order valence-electron chi connectivity index (χ1n) is 6.02. The van der Waals surface area contributed by atoms with Crippen LogP contribution in [0.15, 0.2) is 0 Å². The van der Waals surface area contributed by atoms with E-state index in [1.165, 1.54) is 0 Å². The highest BCUT2D eigenvalue weighted by Crippen LogP contribution is 2.26. The molecule has 0 aliphatic heterocycles. The number of hydrogen-bond donors (Lipinski definition) is 0. The molecule has 0 aliphatic rings. The quantitative estimate of drug-likeness (QED) is 0.785. The summed E-state index contributed by atoms with van der Waals surface area (Å²) in [7, 11) is 1.93. The number of nitriles is 1. The minimum atomic E-state index is 0.0969. The minimum Gasteiger partial charge on any atom is -0.356 e. The fourth-order valence-electron chi connectivity index (χ4n) is 1.57. The van der Waals surface area contributed by atoms with Crippen molar-refractivity contribution in [2.75, 3.05) is 11.9 Å². The van der Waals surface area contributed by atoms with Crippen molar-refractivity contribution in [2.45, 2.75) is 46.1 Å². The van der Waals surface area contributed by atoms with Gasteiger partial charge in [0.15, 0.2) is 0 Å². The van der Waals surface area contributed by atoms with Crippen molar-refractivity contribution in [3.63, 3.8) is 0 Å². The summed E-state index contributed by atoms with van der Waals surface area (Å²) in [5.74, 6) is 1.76. The summed E-state index contributed by atoms with van der Waals surface area (Å²) in [6, 6.07) is 2.27. The summed E-state index contributed by atoms with van der Waals surface area (Å²) in [4.78, 5) is 10.8. The van der Waals surface area contributed by atoms with E-state index in [1.54, 1.807) is 0 Å². The molecule has 1 unspecified atom stereocenters. The maximum absolute atomic E-state index is 8.76. The monoisotopic (exact) mass is 266 g/mol. The van der Waals surface area contributed by atoms with E-state index >= 15 is 0 Å². The lowest BCUT2D eigenvalue weighted by Gasteiger charge is -2.26. The summed E-state index contributed by atoms with van der Waals surface area (Å²) < 4.78 is 0. The molecule has 0 radical (unpaired) electrons. The van der Waals surface area contributed by atoms with Gasteiger partial charge >= 0.3 is 0 Å². The smallest absolute Gasteiger partial charge is 0.137 e. The number of hydrogen-bond acceptors (Lipinski definition) is 4. The molecule has 0 aliphatic carbocycles. The van der Waals surface area contributed by atoms with Crippen LogP contribution in [0.3, 0.4) is 0 Å². The summed E-state index contributed by atoms with van der Waals surface area (Å²) in [5.41, 5.74) is 0.855. The SMILES string of the molecule is Cc1c(Cl)nc(C(C)C)nc1N(C)C(C)CC#N. The van der Waals surface area contributed by atoms with Crippen LogP contribution < -0.4 is 4.90 Å². The lowest BCUT2D eigenvalue weighted by atomic mass is 10.2. The van der Waals surface area contributed by atoms with Crippen molar-refractivity contribution in [1.82, 2.24) is 9.97 Å².